The lowest BCUT2D eigenvalue weighted by Crippen LogP contribution is -2.30. The monoisotopic (exact) mass is 325 g/mol. The number of hydrogen-bond acceptors (Lipinski definition) is 5. The van der Waals surface area contributed by atoms with E-state index < -0.39 is 0 Å². The van der Waals surface area contributed by atoms with Crippen LogP contribution in [0.2, 0.25) is 0 Å². The lowest BCUT2D eigenvalue weighted by Gasteiger charge is -2.19. The molecule has 0 amide bonds. The molecule has 3 rings (SSSR count). The summed E-state index contributed by atoms with van der Waals surface area (Å²) in [5.41, 5.74) is 0.969. The number of nitrogens with zero attached hydrogens (tertiary/aromatic N) is 2. The molecule has 2 heterocycles. The number of benzene rings is 1. The van der Waals surface area contributed by atoms with Crippen molar-refractivity contribution in [1.29, 1.82) is 0 Å². The Morgan fingerprint density at radius 3 is 2.89 bits per heavy atom. The first-order valence-electron chi connectivity index (χ1n) is 5.73. The molecule has 4 nitrogen and oxygen atoms in total. The first-order valence-corrected chi connectivity index (χ1v) is 7.68. The molecule has 1 saturated heterocycles. The summed E-state index contributed by atoms with van der Waals surface area (Å²) in [5.74, 6) is 3.46. The van der Waals surface area contributed by atoms with Crippen LogP contribution in [0.15, 0.2) is 33.3 Å². The van der Waals surface area contributed by atoms with Crippen molar-refractivity contribution < 1.29 is 4.52 Å². The van der Waals surface area contributed by atoms with E-state index in [1.54, 1.807) is 0 Å². The summed E-state index contributed by atoms with van der Waals surface area (Å²) in [5, 5.41) is 7.43. The van der Waals surface area contributed by atoms with E-state index in [9.17, 15) is 0 Å². The molecule has 0 spiro atoms. The van der Waals surface area contributed by atoms with E-state index in [1.165, 1.54) is 0 Å². The standard InChI is InChI=1S/C12H12BrN3OS/c13-9-3-1-8(2-4-9)11-15-12(17-16-11)10-7-18-6-5-14-10/h1-4,10,14H,5-7H2. The second kappa shape index (κ2) is 5.42. The minimum Gasteiger partial charge on any atom is -0.337 e. The van der Waals surface area contributed by atoms with Gasteiger partial charge in [0.15, 0.2) is 0 Å². The maximum Gasteiger partial charge on any atom is 0.244 e. The molecule has 0 aliphatic carbocycles. The largest absolute Gasteiger partial charge is 0.337 e. The normalized spacial score (nSPS) is 19.9. The molecule has 94 valence electrons. The van der Waals surface area contributed by atoms with Gasteiger partial charge in [0.1, 0.15) is 0 Å². The predicted octanol–water partition coefficient (Wildman–Crippen LogP) is 2.88. The molecular formula is C12H12BrN3OS. The van der Waals surface area contributed by atoms with Crippen molar-refractivity contribution in [3.05, 3.63) is 34.6 Å². The third-order valence-corrected chi connectivity index (χ3v) is 4.35. The molecular weight excluding hydrogens is 314 g/mol. The quantitative estimate of drug-likeness (QED) is 0.920. The molecule has 6 heteroatoms. The van der Waals surface area contributed by atoms with Crippen LogP contribution in [0.5, 0.6) is 0 Å². The van der Waals surface area contributed by atoms with E-state index in [4.69, 9.17) is 4.52 Å². The van der Waals surface area contributed by atoms with Crippen molar-refractivity contribution in [2.45, 2.75) is 6.04 Å². The van der Waals surface area contributed by atoms with Crippen LogP contribution in [0.4, 0.5) is 0 Å². The summed E-state index contributed by atoms with van der Waals surface area (Å²) < 4.78 is 6.38. The third kappa shape index (κ3) is 2.60. The number of hydrogen-bond donors (Lipinski definition) is 1. The summed E-state index contributed by atoms with van der Waals surface area (Å²) in [6, 6.07) is 8.07. The number of thioether (sulfide) groups is 1. The fraction of sp³-hybridized carbons (Fsp3) is 0.333. The highest BCUT2D eigenvalue weighted by Crippen LogP contribution is 2.24. The summed E-state index contributed by atoms with van der Waals surface area (Å²) in [7, 11) is 0. The molecule has 1 aliphatic heterocycles. The highest BCUT2D eigenvalue weighted by atomic mass is 79.9. The molecule has 1 atom stereocenters. The lowest BCUT2D eigenvalue weighted by atomic mass is 10.2. The Kier molecular flexibility index (Phi) is 3.67. The maximum absolute atomic E-state index is 5.34. The van der Waals surface area contributed by atoms with Crippen LogP contribution in [0.25, 0.3) is 11.4 Å². The summed E-state index contributed by atoms with van der Waals surface area (Å²) in [4.78, 5) is 4.46. The number of nitrogens with one attached hydrogen (secondary N) is 1. The molecule has 1 fully saturated rings. The van der Waals surface area contributed by atoms with Gasteiger partial charge in [-0.25, -0.2) is 0 Å². The molecule has 0 saturated carbocycles. The Balaban J connectivity index is 1.82. The first kappa shape index (κ1) is 12.2. The van der Waals surface area contributed by atoms with Gasteiger partial charge < -0.3 is 9.84 Å². The van der Waals surface area contributed by atoms with E-state index in [0.29, 0.717) is 11.7 Å². The summed E-state index contributed by atoms with van der Waals surface area (Å²) in [6.07, 6.45) is 0. The van der Waals surface area contributed by atoms with Crippen molar-refractivity contribution in [2.24, 2.45) is 0 Å². The van der Waals surface area contributed by atoms with E-state index >= 15 is 0 Å². The van der Waals surface area contributed by atoms with Gasteiger partial charge in [0.25, 0.3) is 0 Å². The van der Waals surface area contributed by atoms with E-state index in [0.717, 1.165) is 28.1 Å². The lowest BCUT2D eigenvalue weighted by molar-refractivity contribution is 0.342. The average molecular weight is 326 g/mol. The zero-order valence-corrected chi connectivity index (χ0v) is 12.0. The fourth-order valence-corrected chi connectivity index (χ4v) is 3.01. The Morgan fingerprint density at radius 1 is 1.33 bits per heavy atom. The van der Waals surface area contributed by atoms with Gasteiger partial charge in [-0.2, -0.15) is 16.7 Å². The second-order valence-corrected chi connectivity index (χ2v) is 6.11. The second-order valence-electron chi connectivity index (χ2n) is 4.04. The van der Waals surface area contributed by atoms with Crippen molar-refractivity contribution in [3.8, 4) is 11.4 Å². The van der Waals surface area contributed by atoms with Gasteiger partial charge in [-0.15, -0.1) is 0 Å². The van der Waals surface area contributed by atoms with Crippen molar-refractivity contribution >= 4 is 27.7 Å². The van der Waals surface area contributed by atoms with E-state index in [1.807, 2.05) is 36.0 Å². The highest BCUT2D eigenvalue weighted by molar-refractivity contribution is 9.10. The zero-order valence-electron chi connectivity index (χ0n) is 9.60. The molecule has 1 aromatic heterocycles. The third-order valence-electron chi connectivity index (χ3n) is 2.76. The zero-order chi connectivity index (χ0) is 12.4. The van der Waals surface area contributed by atoms with Crippen LogP contribution >= 0.6 is 27.7 Å². The van der Waals surface area contributed by atoms with E-state index in [2.05, 4.69) is 31.4 Å². The van der Waals surface area contributed by atoms with Crippen LogP contribution < -0.4 is 5.32 Å². The molecule has 18 heavy (non-hydrogen) atoms. The molecule has 1 aromatic carbocycles. The molecule has 1 unspecified atom stereocenters. The van der Waals surface area contributed by atoms with Crippen LogP contribution in [0.1, 0.15) is 11.9 Å². The smallest absolute Gasteiger partial charge is 0.244 e. The molecule has 2 aromatic rings. The number of rotatable bonds is 2. The Morgan fingerprint density at radius 2 is 2.17 bits per heavy atom. The van der Waals surface area contributed by atoms with Gasteiger partial charge in [0.05, 0.1) is 6.04 Å². The predicted molar refractivity (Wildman–Crippen MR) is 75.5 cm³/mol. The fourth-order valence-electron chi connectivity index (χ4n) is 1.82. The van der Waals surface area contributed by atoms with Crippen molar-refractivity contribution in [3.63, 3.8) is 0 Å². The number of aromatic nitrogens is 2. The average Bonchev–Trinajstić information content (AvgIpc) is 2.90. The van der Waals surface area contributed by atoms with Gasteiger partial charge in [-0.3, -0.25) is 0 Å². The first-order chi connectivity index (χ1) is 8.83. The van der Waals surface area contributed by atoms with Gasteiger partial charge in [-0.05, 0) is 24.3 Å². The van der Waals surface area contributed by atoms with Gasteiger partial charge in [0, 0.05) is 28.1 Å². The van der Waals surface area contributed by atoms with Crippen LogP contribution in [0.3, 0.4) is 0 Å². The van der Waals surface area contributed by atoms with E-state index in [-0.39, 0.29) is 6.04 Å². The minimum atomic E-state index is 0.181. The SMILES string of the molecule is Brc1ccc(-c2noc(C3CSCCN3)n2)cc1. The maximum atomic E-state index is 5.34. The highest BCUT2D eigenvalue weighted by Gasteiger charge is 2.21. The van der Waals surface area contributed by atoms with Crippen LogP contribution in [-0.2, 0) is 0 Å². The minimum absolute atomic E-state index is 0.181. The van der Waals surface area contributed by atoms with Gasteiger partial charge >= 0.3 is 0 Å². The van der Waals surface area contributed by atoms with Crippen molar-refractivity contribution in [2.75, 3.05) is 18.1 Å². The number of halogens is 1. The molecule has 0 bridgehead atoms. The van der Waals surface area contributed by atoms with Crippen molar-refractivity contribution in [1.82, 2.24) is 15.5 Å². The molecule has 0 radical (unpaired) electrons. The Bertz CT molecular complexity index is 522. The Hall–Kier alpha value is -0.850. The summed E-state index contributed by atoms with van der Waals surface area (Å²) >= 11 is 5.32. The molecule has 1 N–H and O–H groups in total. The van der Waals surface area contributed by atoms with Crippen LogP contribution in [-0.4, -0.2) is 28.2 Å². The van der Waals surface area contributed by atoms with Crippen LogP contribution in [0, 0.1) is 0 Å². The molecule has 1 aliphatic rings. The van der Waals surface area contributed by atoms with Gasteiger partial charge in [-0.1, -0.05) is 21.1 Å². The summed E-state index contributed by atoms with van der Waals surface area (Å²) in [6.45, 7) is 0.991. The Labute approximate surface area is 118 Å². The topological polar surface area (TPSA) is 51.0 Å². The van der Waals surface area contributed by atoms with Gasteiger partial charge in [0.2, 0.25) is 11.7 Å².